The van der Waals surface area contributed by atoms with Crippen LogP contribution in [0.1, 0.15) is 21.5 Å². The number of carbonyl (C=O) groups excluding carboxylic acids is 1. The van der Waals surface area contributed by atoms with Gasteiger partial charge in [-0.2, -0.15) is 0 Å². The average molecular weight is 382 g/mol. The van der Waals surface area contributed by atoms with Crippen molar-refractivity contribution in [3.05, 3.63) is 63.2 Å². The maximum Gasteiger partial charge on any atom is 0.278 e. The Morgan fingerprint density at radius 3 is 2.39 bits per heavy atom. The number of nitro benzene ring substituents is 1. The molecule has 0 bridgehead atoms. The molecule has 0 radical (unpaired) electrons. The van der Waals surface area contributed by atoms with Crippen molar-refractivity contribution < 1.29 is 19.2 Å². The van der Waals surface area contributed by atoms with Crippen LogP contribution in [-0.2, 0) is 6.54 Å². The van der Waals surface area contributed by atoms with Gasteiger partial charge in [-0.05, 0) is 12.5 Å². The minimum atomic E-state index is -0.554. The van der Waals surface area contributed by atoms with Crippen LogP contribution in [0.15, 0.2) is 36.4 Å². The molecule has 0 spiro atoms. The van der Waals surface area contributed by atoms with Crippen LogP contribution in [0.4, 0.5) is 5.69 Å². The monoisotopic (exact) mass is 382 g/mol. The Kier molecular flexibility index (Phi) is 5.35. The zero-order valence-corrected chi connectivity index (χ0v) is 15.6. The Morgan fingerprint density at radius 2 is 1.79 bits per heavy atom. The number of nitrogens with zero attached hydrogens (tertiary/aromatic N) is 3. The zero-order chi connectivity index (χ0) is 20.3. The van der Waals surface area contributed by atoms with E-state index >= 15 is 0 Å². The number of aromatic nitrogens is 2. The molecule has 1 heterocycles. The van der Waals surface area contributed by atoms with Gasteiger partial charge in [0, 0.05) is 18.2 Å². The molecule has 3 rings (SSSR count). The second-order valence-corrected chi connectivity index (χ2v) is 5.93. The molecule has 0 aliphatic heterocycles. The standard InChI is InChI=1S/C19H18N4O5/c1-11-14(23(25)26)9-13-16(22-19(28-3)18(21-13)27-2)15(11)17(24)20-10-12-7-5-4-6-8-12/h4-9H,10H2,1-3H3,(H,20,24). The number of nitrogens with one attached hydrogen (secondary N) is 1. The largest absolute Gasteiger partial charge is 0.477 e. The Morgan fingerprint density at radius 1 is 1.14 bits per heavy atom. The van der Waals surface area contributed by atoms with Crippen molar-refractivity contribution in [3.8, 4) is 11.8 Å². The maximum absolute atomic E-state index is 12.9. The Balaban J connectivity index is 2.13. The predicted molar refractivity (Wildman–Crippen MR) is 102 cm³/mol. The van der Waals surface area contributed by atoms with Gasteiger partial charge in [-0.3, -0.25) is 14.9 Å². The van der Waals surface area contributed by atoms with E-state index in [2.05, 4.69) is 15.3 Å². The first-order chi connectivity index (χ1) is 13.5. The molecule has 144 valence electrons. The molecule has 3 aromatic rings. The molecule has 1 aromatic heterocycles. The molecule has 0 saturated carbocycles. The first kappa shape index (κ1) is 19.0. The van der Waals surface area contributed by atoms with E-state index in [1.165, 1.54) is 27.2 Å². The van der Waals surface area contributed by atoms with Gasteiger partial charge in [-0.1, -0.05) is 30.3 Å². The lowest BCUT2D eigenvalue weighted by Crippen LogP contribution is -2.24. The fourth-order valence-corrected chi connectivity index (χ4v) is 2.84. The molecule has 28 heavy (non-hydrogen) atoms. The Labute approximate surface area is 160 Å². The van der Waals surface area contributed by atoms with Crippen LogP contribution in [0.25, 0.3) is 11.0 Å². The molecule has 1 amide bonds. The van der Waals surface area contributed by atoms with Crippen LogP contribution in [0, 0.1) is 17.0 Å². The van der Waals surface area contributed by atoms with Crippen molar-refractivity contribution in [1.29, 1.82) is 0 Å². The summed E-state index contributed by atoms with van der Waals surface area (Å²) >= 11 is 0. The van der Waals surface area contributed by atoms with E-state index < -0.39 is 10.8 Å². The van der Waals surface area contributed by atoms with Gasteiger partial charge in [-0.15, -0.1) is 0 Å². The van der Waals surface area contributed by atoms with Crippen molar-refractivity contribution in [3.63, 3.8) is 0 Å². The third kappa shape index (κ3) is 3.54. The van der Waals surface area contributed by atoms with Gasteiger partial charge >= 0.3 is 0 Å². The Bertz CT molecular complexity index is 1050. The number of fused-ring (bicyclic) bond motifs is 1. The molecule has 0 fully saturated rings. The van der Waals surface area contributed by atoms with Gasteiger partial charge in [-0.25, -0.2) is 9.97 Å². The minimum Gasteiger partial charge on any atom is -0.477 e. The molecule has 0 atom stereocenters. The number of ether oxygens (including phenoxy) is 2. The number of hydrogen-bond donors (Lipinski definition) is 1. The first-order valence-corrected chi connectivity index (χ1v) is 8.36. The average Bonchev–Trinajstić information content (AvgIpc) is 2.71. The molecule has 2 aromatic carbocycles. The number of amides is 1. The van der Waals surface area contributed by atoms with E-state index in [0.717, 1.165) is 5.56 Å². The van der Waals surface area contributed by atoms with Gasteiger partial charge < -0.3 is 14.8 Å². The maximum atomic E-state index is 12.9. The van der Waals surface area contributed by atoms with Crippen LogP contribution in [0.2, 0.25) is 0 Å². The highest BCUT2D eigenvalue weighted by molar-refractivity contribution is 6.07. The summed E-state index contributed by atoms with van der Waals surface area (Å²) in [4.78, 5) is 32.3. The van der Waals surface area contributed by atoms with Crippen LogP contribution in [0.5, 0.6) is 11.8 Å². The van der Waals surface area contributed by atoms with Crippen molar-refractivity contribution in [2.75, 3.05) is 14.2 Å². The highest BCUT2D eigenvalue weighted by Crippen LogP contribution is 2.32. The molecule has 9 nitrogen and oxygen atoms in total. The third-order valence-corrected chi connectivity index (χ3v) is 4.24. The highest BCUT2D eigenvalue weighted by atomic mass is 16.6. The van der Waals surface area contributed by atoms with Crippen LogP contribution < -0.4 is 14.8 Å². The molecule has 0 saturated heterocycles. The normalized spacial score (nSPS) is 10.5. The van der Waals surface area contributed by atoms with E-state index in [1.807, 2.05) is 30.3 Å². The van der Waals surface area contributed by atoms with Crippen molar-refractivity contribution in [1.82, 2.24) is 15.3 Å². The fraction of sp³-hybridized carbons (Fsp3) is 0.211. The van der Waals surface area contributed by atoms with Gasteiger partial charge in [0.1, 0.15) is 11.0 Å². The highest BCUT2D eigenvalue weighted by Gasteiger charge is 2.25. The van der Waals surface area contributed by atoms with Crippen molar-refractivity contribution >= 4 is 22.6 Å². The SMILES string of the molecule is COc1nc2cc([N+](=O)[O-])c(C)c(C(=O)NCc3ccccc3)c2nc1OC. The quantitative estimate of drug-likeness (QED) is 0.514. The second-order valence-electron chi connectivity index (χ2n) is 5.93. The molecule has 0 aliphatic carbocycles. The number of nitro groups is 1. The first-order valence-electron chi connectivity index (χ1n) is 8.36. The van der Waals surface area contributed by atoms with E-state index in [0.29, 0.717) is 0 Å². The lowest BCUT2D eigenvalue weighted by atomic mass is 10.0. The smallest absolute Gasteiger partial charge is 0.278 e. The third-order valence-electron chi connectivity index (χ3n) is 4.24. The van der Waals surface area contributed by atoms with E-state index in [1.54, 1.807) is 0 Å². The van der Waals surface area contributed by atoms with Gasteiger partial charge in [0.15, 0.2) is 0 Å². The van der Waals surface area contributed by atoms with Gasteiger partial charge in [0.25, 0.3) is 23.4 Å². The summed E-state index contributed by atoms with van der Waals surface area (Å²) in [6, 6.07) is 10.6. The summed E-state index contributed by atoms with van der Waals surface area (Å²) in [5.74, 6) is -0.333. The number of benzene rings is 2. The van der Waals surface area contributed by atoms with Gasteiger partial charge in [0.05, 0.1) is 24.7 Å². The number of methoxy groups -OCH3 is 2. The topological polar surface area (TPSA) is 116 Å². The second kappa shape index (κ2) is 7.87. The molecular weight excluding hydrogens is 364 g/mol. The summed E-state index contributed by atoms with van der Waals surface area (Å²) < 4.78 is 10.3. The van der Waals surface area contributed by atoms with Crippen molar-refractivity contribution in [2.24, 2.45) is 0 Å². The fourth-order valence-electron chi connectivity index (χ4n) is 2.84. The van der Waals surface area contributed by atoms with Gasteiger partial charge in [0.2, 0.25) is 0 Å². The van der Waals surface area contributed by atoms with E-state index in [4.69, 9.17) is 9.47 Å². The summed E-state index contributed by atoms with van der Waals surface area (Å²) in [5, 5.41) is 14.2. The summed E-state index contributed by atoms with van der Waals surface area (Å²) in [5.41, 5.74) is 1.32. The lowest BCUT2D eigenvalue weighted by Gasteiger charge is -2.13. The van der Waals surface area contributed by atoms with Crippen molar-refractivity contribution in [2.45, 2.75) is 13.5 Å². The Hall–Kier alpha value is -3.75. The lowest BCUT2D eigenvalue weighted by molar-refractivity contribution is -0.385. The molecule has 1 N–H and O–H groups in total. The zero-order valence-electron chi connectivity index (χ0n) is 15.6. The summed E-state index contributed by atoms with van der Waals surface area (Å²) in [6.45, 7) is 1.78. The number of hydrogen-bond acceptors (Lipinski definition) is 7. The van der Waals surface area contributed by atoms with E-state index in [-0.39, 0.29) is 46.2 Å². The summed E-state index contributed by atoms with van der Waals surface area (Å²) in [7, 11) is 2.78. The molecular formula is C19H18N4O5. The molecule has 9 heteroatoms. The number of carbonyl (C=O) groups is 1. The molecule has 0 unspecified atom stereocenters. The minimum absolute atomic E-state index is 0.0730. The van der Waals surface area contributed by atoms with Crippen LogP contribution >= 0.6 is 0 Å². The predicted octanol–water partition coefficient (Wildman–Crippen LogP) is 2.79. The van der Waals surface area contributed by atoms with Crippen LogP contribution in [-0.4, -0.2) is 35.0 Å². The van der Waals surface area contributed by atoms with Crippen LogP contribution in [0.3, 0.4) is 0 Å². The molecule has 0 aliphatic rings. The number of rotatable bonds is 6. The van der Waals surface area contributed by atoms with E-state index in [9.17, 15) is 14.9 Å². The summed E-state index contributed by atoms with van der Waals surface area (Å²) in [6.07, 6.45) is 0.